The van der Waals surface area contributed by atoms with Crippen LogP contribution in [0.25, 0.3) is 0 Å². The first kappa shape index (κ1) is 16.1. The predicted octanol–water partition coefficient (Wildman–Crippen LogP) is 3.93. The third-order valence-corrected chi connectivity index (χ3v) is 5.09. The molecule has 3 N–H and O–H groups in total. The predicted molar refractivity (Wildman–Crippen MR) is 85.5 cm³/mol. The lowest BCUT2D eigenvalue weighted by atomic mass is 10.2. The largest absolute Gasteiger partial charge is 0.398 e. The smallest absolute Gasteiger partial charge is 0.261 e. The van der Waals surface area contributed by atoms with Gasteiger partial charge < -0.3 is 5.73 Å². The molecule has 8 heteroatoms. The number of sulfonamides is 1. The van der Waals surface area contributed by atoms with Crippen LogP contribution in [0, 0.1) is 12.7 Å². The minimum Gasteiger partial charge on any atom is -0.398 e. The maximum Gasteiger partial charge on any atom is 0.261 e. The SMILES string of the molecule is Cc1cc(Br)c(F)cc1NS(=O)(=O)c1ccc(N)c(Cl)c1. The van der Waals surface area contributed by atoms with Crippen LogP contribution in [0.1, 0.15) is 5.56 Å². The Balaban J connectivity index is 2.42. The van der Waals surface area contributed by atoms with Crippen LogP contribution in [0.3, 0.4) is 0 Å². The van der Waals surface area contributed by atoms with Gasteiger partial charge in [-0.05, 0) is 58.7 Å². The van der Waals surface area contributed by atoms with Crippen molar-refractivity contribution in [1.29, 1.82) is 0 Å². The van der Waals surface area contributed by atoms with Gasteiger partial charge in [-0.15, -0.1) is 0 Å². The zero-order valence-electron chi connectivity index (χ0n) is 10.8. The van der Waals surface area contributed by atoms with Crippen LogP contribution in [0.15, 0.2) is 39.7 Å². The van der Waals surface area contributed by atoms with Crippen LogP contribution in [0.2, 0.25) is 5.02 Å². The van der Waals surface area contributed by atoms with Gasteiger partial charge in [0.2, 0.25) is 0 Å². The monoisotopic (exact) mass is 392 g/mol. The second kappa shape index (κ2) is 5.82. The van der Waals surface area contributed by atoms with Gasteiger partial charge in [-0.2, -0.15) is 0 Å². The summed E-state index contributed by atoms with van der Waals surface area (Å²) in [6.45, 7) is 1.66. The summed E-state index contributed by atoms with van der Waals surface area (Å²) in [6, 6.07) is 6.56. The van der Waals surface area contributed by atoms with Crippen LogP contribution in [0.5, 0.6) is 0 Å². The van der Waals surface area contributed by atoms with Gasteiger partial charge in [0.1, 0.15) is 5.82 Å². The minimum absolute atomic E-state index is 0.0515. The molecule has 0 aliphatic heterocycles. The first-order valence-corrected chi connectivity index (χ1v) is 8.39. The van der Waals surface area contributed by atoms with Crippen molar-refractivity contribution >= 4 is 48.9 Å². The summed E-state index contributed by atoms with van der Waals surface area (Å²) in [4.78, 5) is -0.0515. The molecule has 2 aromatic carbocycles. The van der Waals surface area contributed by atoms with Crippen LogP contribution in [0.4, 0.5) is 15.8 Å². The summed E-state index contributed by atoms with van der Waals surface area (Å²) in [7, 11) is -3.88. The van der Waals surface area contributed by atoms with Gasteiger partial charge in [0.25, 0.3) is 10.0 Å². The van der Waals surface area contributed by atoms with Gasteiger partial charge in [-0.3, -0.25) is 4.72 Å². The van der Waals surface area contributed by atoms with E-state index >= 15 is 0 Å². The molecule has 4 nitrogen and oxygen atoms in total. The van der Waals surface area contributed by atoms with Gasteiger partial charge in [-0.25, -0.2) is 12.8 Å². The lowest BCUT2D eigenvalue weighted by Crippen LogP contribution is -2.14. The molecule has 0 heterocycles. The molecule has 0 bridgehead atoms. The summed E-state index contributed by atoms with van der Waals surface area (Å²) < 4.78 is 40.7. The molecular formula is C13H11BrClFN2O2S. The van der Waals surface area contributed by atoms with Crippen LogP contribution >= 0.6 is 27.5 Å². The second-order valence-electron chi connectivity index (χ2n) is 4.37. The van der Waals surface area contributed by atoms with Crippen molar-refractivity contribution < 1.29 is 12.8 Å². The molecule has 0 atom stereocenters. The van der Waals surface area contributed by atoms with E-state index in [0.29, 0.717) is 5.56 Å². The molecule has 21 heavy (non-hydrogen) atoms. The van der Waals surface area contributed by atoms with E-state index in [2.05, 4.69) is 20.7 Å². The average Bonchev–Trinajstić information content (AvgIpc) is 2.39. The molecule has 2 rings (SSSR count). The number of nitrogen functional groups attached to an aromatic ring is 1. The zero-order chi connectivity index (χ0) is 15.8. The van der Waals surface area contributed by atoms with E-state index in [9.17, 15) is 12.8 Å². The summed E-state index contributed by atoms with van der Waals surface area (Å²) >= 11 is 8.86. The molecule has 0 saturated heterocycles. The van der Waals surface area contributed by atoms with Crippen molar-refractivity contribution in [2.24, 2.45) is 0 Å². The molecule has 0 saturated carbocycles. The standard InChI is InChI=1S/C13H11BrClFN2O2S/c1-7-4-9(14)11(16)6-13(7)18-21(19,20)8-2-3-12(17)10(15)5-8/h2-6,18H,17H2,1H3. The maximum atomic E-state index is 13.5. The van der Waals surface area contributed by atoms with Gasteiger partial charge in [0.05, 0.1) is 25.8 Å². The van der Waals surface area contributed by atoms with Crippen molar-refractivity contribution in [3.63, 3.8) is 0 Å². The minimum atomic E-state index is -3.88. The fourth-order valence-corrected chi connectivity index (χ4v) is 3.49. The van der Waals surface area contributed by atoms with E-state index in [1.807, 2.05) is 0 Å². The zero-order valence-corrected chi connectivity index (χ0v) is 14.0. The lowest BCUT2D eigenvalue weighted by Gasteiger charge is -2.12. The Morgan fingerprint density at radius 2 is 1.95 bits per heavy atom. The molecule has 2 aromatic rings. The summed E-state index contributed by atoms with van der Waals surface area (Å²) in [5, 5.41) is 0.136. The Morgan fingerprint density at radius 3 is 2.57 bits per heavy atom. The molecule has 0 fully saturated rings. The van der Waals surface area contributed by atoms with Crippen molar-refractivity contribution in [2.75, 3.05) is 10.5 Å². The third kappa shape index (κ3) is 3.48. The number of halogens is 3. The van der Waals surface area contributed by atoms with E-state index in [4.69, 9.17) is 17.3 Å². The first-order chi connectivity index (χ1) is 9.70. The number of hydrogen-bond donors (Lipinski definition) is 2. The molecule has 0 unspecified atom stereocenters. The quantitative estimate of drug-likeness (QED) is 0.776. The number of rotatable bonds is 3. The van der Waals surface area contributed by atoms with E-state index in [1.165, 1.54) is 24.3 Å². The van der Waals surface area contributed by atoms with Crippen molar-refractivity contribution in [1.82, 2.24) is 0 Å². The fraction of sp³-hybridized carbons (Fsp3) is 0.0769. The number of anilines is 2. The Labute approximate surface area is 135 Å². The van der Waals surface area contributed by atoms with Crippen molar-refractivity contribution in [3.05, 3.63) is 51.2 Å². The normalized spacial score (nSPS) is 11.4. The first-order valence-electron chi connectivity index (χ1n) is 5.74. The van der Waals surface area contributed by atoms with Gasteiger partial charge >= 0.3 is 0 Å². The lowest BCUT2D eigenvalue weighted by molar-refractivity contribution is 0.601. The number of nitrogens with one attached hydrogen (secondary N) is 1. The van der Waals surface area contributed by atoms with E-state index in [0.717, 1.165) is 6.07 Å². The molecule has 112 valence electrons. The number of aryl methyl sites for hydroxylation is 1. The molecule has 0 aliphatic rings. The molecule has 0 radical (unpaired) electrons. The highest BCUT2D eigenvalue weighted by Crippen LogP contribution is 2.28. The van der Waals surface area contributed by atoms with Gasteiger partial charge in [0.15, 0.2) is 0 Å². The third-order valence-electron chi connectivity index (χ3n) is 2.79. The molecule has 0 amide bonds. The van der Waals surface area contributed by atoms with Crippen LogP contribution in [-0.4, -0.2) is 8.42 Å². The highest BCUT2D eigenvalue weighted by atomic mass is 79.9. The van der Waals surface area contributed by atoms with Crippen LogP contribution < -0.4 is 10.5 Å². The van der Waals surface area contributed by atoms with E-state index < -0.39 is 15.8 Å². The number of nitrogens with two attached hydrogens (primary N) is 1. The fourth-order valence-electron chi connectivity index (χ4n) is 1.63. The molecule has 0 aromatic heterocycles. The Morgan fingerprint density at radius 1 is 1.29 bits per heavy atom. The second-order valence-corrected chi connectivity index (χ2v) is 7.31. The van der Waals surface area contributed by atoms with E-state index in [1.54, 1.807) is 6.92 Å². The number of hydrogen-bond acceptors (Lipinski definition) is 3. The maximum absolute atomic E-state index is 13.5. The molecule has 0 spiro atoms. The summed E-state index contributed by atoms with van der Waals surface area (Å²) in [5.74, 6) is -0.561. The van der Waals surface area contributed by atoms with Crippen LogP contribution in [-0.2, 0) is 10.0 Å². The summed E-state index contributed by atoms with van der Waals surface area (Å²) in [5.41, 5.74) is 6.56. The van der Waals surface area contributed by atoms with Crippen molar-refractivity contribution in [2.45, 2.75) is 11.8 Å². The molecule has 0 aliphatic carbocycles. The topological polar surface area (TPSA) is 72.2 Å². The van der Waals surface area contributed by atoms with Gasteiger partial charge in [0, 0.05) is 0 Å². The number of benzene rings is 2. The molecular weight excluding hydrogens is 383 g/mol. The summed E-state index contributed by atoms with van der Waals surface area (Å²) in [6.07, 6.45) is 0. The van der Waals surface area contributed by atoms with E-state index in [-0.39, 0.29) is 25.8 Å². The Bertz CT molecular complexity index is 812. The Hall–Kier alpha value is -1.31. The Kier molecular flexibility index (Phi) is 4.46. The van der Waals surface area contributed by atoms with Crippen molar-refractivity contribution in [3.8, 4) is 0 Å². The van der Waals surface area contributed by atoms with Gasteiger partial charge in [-0.1, -0.05) is 11.6 Å². The highest BCUT2D eigenvalue weighted by Gasteiger charge is 2.17. The average molecular weight is 394 g/mol. The highest BCUT2D eigenvalue weighted by molar-refractivity contribution is 9.10.